The van der Waals surface area contributed by atoms with Crippen molar-refractivity contribution >= 4 is 19.8 Å². The maximum absolute atomic E-state index is 12.6. The van der Waals surface area contributed by atoms with E-state index in [0.29, 0.717) is 12.8 Å². The number of carbonyl (C=O) groups is 2. The summed E-state index contributed by atoms with van der Waals surface area (Å²) < 4.78 is 32.7. The Morgan fingerprint density at radius 1 is 0.556 bits per heavy atom. The van der Waals surface area contributed by atoms with E-state index in [0.717, 1.165) is 70.6 Å². The van der Waals surface area contributed by atoms with E-state index in [1.807, 2.05) is 0 Å². The number of aliphatic hydroxyl groups is 2. The summed E-state index contributed by atoms with van der Waals surface area (Å²) in [6.07, 6.45) is 39.6. The van der Waals surface area contributed by atoms with Crippen LogP contribution in [0.1, 0.15) is 187 Å². The summed E-state index contributed by atoms with van der Waals surface area (Å²) in [5.41, 5.74) is 0. The van der Waals surface area contributed by atoms with Crippen LogP contribution in [0.4, 0.5) is 0 Å². The van der Waals surface area contributed by atoms with Crippen molar-refractivity contribution in [3.8, 4) is 0 Å². The van der Waals surface area contributed by atoms with E-state index in [9.17, 15) is 24.2 Å². The van der Waals surface area contributed by atoms with E-state index in [2.05, 4.69) is 54.8 Å². The van der Waals surface area contributed by atoms with Gasteiger partial charge in [0, 0.05) is 12.8 Å². The van der Waals surface area contributed by atoms with Gasteiger partial charge >= 0.3 is 19.8 Å². The zero-order valence-corrected chi connectivity index (χ0v) is 35.1. The van der Waals surface area contributed by atoms with Crippen molar-refractivity contribution in [2.45, 2.75) is 199 Å². The lowest BCUT2D eigenvalue weighted by Gasteiger charge is -2.20. The monoisotopic (exact) mass is 787 g/mol. The fourth-order valence-electron chi connectivity index (χ4n) is 5.66. The lowest BCUT2D eigenvalue weighted by molar-refractivity contribution is -0.161. The molecule has 0 amide bonds. The Morgan fingerprint density at radius 2 is 0.963 bits per heavy atom. The fraction of sp³-hybridized carbons (Fsp3) is 0.814. The third-order valence-electron chi connectivity index (χ3n) is 9.02. The average molecular weight is 787 g/mol. The average Bonchev–Trinajstić information content (AvgIpc) is 3.16. The molecule has 0 aliphatic carbocycles. The fourth-order valence-corrected chi connectivity index (χ4v) is 6.45. The molecule has 11 heteroatoms. The number of hydrogen-bond donors (Lipinski definition) is 3. The van der Waals surface area contributed by atoms with Crippen molar-refractivity contribution in [3.63, 3.8) is 0 Å². The van der Waals surface area contributed by atoms with Crippen molar-refractivity contribution in [1.82, 2.24) is 0 Å². The molecule has 0 saturated carbocycles. The van der Waals surface area contributed by atoms with Crippen molar-refractivity contribution in [2.75, 3.05) is 26.4 Å². The van der Waals surface area contributed by atoms with Gasteiger partial charge in [-0.05, 0) is 70.6 Å². The first-order valence-corrected chi connectivity index (χ1v) is 22.9. The van der Waals surface area contributed by atoms with Crippen LogP contribution < -0.4 is 0 Å². The van der Waals surface area contributed by atoms with E-state index < -0.39 is 51.8 Å². The molecule has 0 fully saturated rings. The molecule has 3 N–H and O–H groups in total. The lowest BCUT2D eigenvalue weighted by atomic mass is 10.1. The molecule has 0 aromatic rings. The Bertz CT molecular complexity index is 999. The molecule has 316 valence electrons. The van der Waals surface area contributed by atoms with Crippen molar-refractivity contribution < 1.29 is 47.8 Å². The van der Waals surface area contributed by atoms with E-state index in [4.69, 9.17) is 19.1 Å². The topological polar surface area (TPSA) is 149 Å². The maximum atomic E-state index is 12.6. The van der Waals surface area contributed by atoms with Crippen LogP contribution in [-0.2, 0) is 32.7 Å². The summed E-state index contributed by atoms with van der Waals surface area (Å²) in [4.78, 5) is 34.9. The highest BCUT2D eigenvalue weighted by atomic mass is 31.2. The van der Waals surface area contributed by atoms with Gasteiger partial charge in [-0.25, -0.2) is 4.57 Å². The van der Waals surface area contributed by atoms with Crippen LogP contribution >= 0.6 is 7.82 Å². The van der Waals surface area contributed by atoms with E-state index in [1.54, 1.807) is 0 Å². The number of rotatable bonds is 40. The van der Waals surface area contributed by atoms with E-state index in [-0.39, 0.29) is 19.4 Å². The van der Waals surface area contributed by atoms with Crippen LogP contribution in [0, 0.1) is 0 Å². The van der Waals surface area contributed by atoms with Crippen LogP contribution in [0.25, 0.3) is 0 Å². The second-order valence-corrected chi connectivity index (χ2v) is 15.8. The highest BCUT2D eigenvalue weighted by Crippen LogP contribution is 2.43. The molecule has 0 aromatic carbocycles. The molecule has 10 nitrogen and oxygen atoms in total. The van der Waals surface area contributed by atoms with Gasteiger partial charge < -0.3 is 24.6 Å². The SMILES string of the molecule is CCCCC/C=C/C/C=C/CCCCCCCCCCCC(=O)O[C@H](COC(=O)CCCCCCC/C=C/CCCCC)COP(=O)(O)OC[C@@H](O)CO. The Hall–Kier alpha value is -1.81. The Labute approximate surface area is 329 Å². The van der Waals surface area contributed by atoms with Gasteiger partial charge in [-0.1, -0.05) is 140 Å². The molecule has 1 unspecified atom stereocenters. The number of phosphoric ester groups is 1. The first-order chi connectivity index (χ1) is 26.2. The normalized spacial score (nSPS) is 14.2. The molecule has 3 atom stereocenters. The minimum Gasteiger partial charge on any atom is -0.462 e. The number of unbranched alkanes of at least 4 members (excludes halogenated alkanes) is 20. The highest BCUT2D eigenvalue weighted by Gasteiger charge is 2.27. The minimum atomic E-state index is -4.62. The highest BCUT2D eigenvalue weighted by molar-refractivity contribution is 7.47. The Kier molecular flexibility index (Phi) is 38.1. The van der Waals surface area contributed by atoms with Crippen LogP contribution in [0.5, 0.6) is 0 Å². The number of hydrogen-bond acceptors (Lipinski definition) is 9. The number of aliphatic hydroxyl groups excluding tert-OH is 2. The van der Waals surface area contributed by atoms with Crippen molar-refractivity contribution in [1.29, 1.82) is 0 Å². The summed E-state index contributed by atoms with van der Waals surface area (Å²) in [5.74, 6) is -0.939. The van der Waals surface area contributed by atoms with Crippen molar-refractivity contribution in [2.24, 2.45) is 0 Å². The van der Waals surface area contributed by atoms with Crippen molar-refractivity contribution in [3.05, 3.63) is 36.5 Å². The molecule has 54 heavy (non-hydrogen) atoms. The number of phosphoric acid groups is 1. The zero-order chi connectivity index (χ0) is 39.8. The molecular weight excluding hydrogens is 707 g/mol. The standard InChI is InChI=1S/C43H79O10P/c1-3-5-7-9-11-13-15-17-18-19-20-21-22-23-25-27-29-31-33-35-43(47)53-41(39-52-54(48,49)51-37-40(45)36-44)38-50-42(46)34-32-30-28-26-24-16-14-12-10-8-6-4-2/h11-14,17-18,40-41,44-45H,3-10,15-16,19-39H2,1-2H3,(H,48,49)/b13-11+,14-12+,18-17+/t40-,41+/m0/s1. The number of ether oxygens (including phenoxy) is 2. The molecule has 0 aliphatic heterocycles. The number of allylic oxidation sites excluding steroid dienone is 6. The first-order valence-electron chi connectivity index (χ1n) is 21.4. The molecule has 0 radical (unpaired) electrons. The van der Waals surface area contributed by atoms with Crippen LogP contribution in [0.3, 0.4) is 0 Å². The second kappa shape index (κ2) is 39.4. The predicted molar refractivity (Wildman–Crippen MR) is 219 cm³/mol. The summed E-state index contributed by atoms with van der Waals surface area (Å²) >= 11 is 0. The molecule has 0 saturated heterocycles. The second-order valence-electron chi connectivity index (χ2n) is 14.4. The van der Waals surface area contributed by atoms with Gasteiger partial charge in [0.25, 0.3) is 0 Å². The summed E-state index contributed by atoms with van der Waals surface area (Å²) in [6.45, 7) is 2.32. The van der Waals surface area contributed by atoms with Gasteiger partial charge in [-0.3, -0.25) is 18.6 Å². The van der Waals surface area contributed by atoms with Gasteiger partial charge in [-0.15, -0.1) is 0 Å². The van der Waals surface area contributed by atoms with Crippen LogP contribution in [0.15, 0.2) is 36.5 Å². The first kappa shape index (κ1) is 52.2. The molecule has 0 rings (SSSR count). The quantitative estimate of drug-likeness (QED) is 0.0237. The third-order valence-corrected chi connectivity index (χ3v) is 9.97. The number of esters is 2. The molecule has 0 heterocycles. The lowest BCUT2D eigenvalue weighted by Crippen LogP contribution is -2.29. The zero-order valence-electron chi connectivity index (χ0n) is 34.2. The van der Waals surface area contributed by atoms with E-state index in [1.165, 1.54) is 77.0 Å². The van der Waals surface area contributed by atoms with Gasteiger partial charge in [0.05, 0.1) is 19.8 Å². The molecule has 0 bridgehead atoms. The van der Waals surface area contributed by atoms with Gasteiger partial charge in [-0.2, -0.15) is 0 Å². The van der Waals surface area contributed by atoms with E-state index >= 15 is 0 Å². The summed E-state index contributed by atoms with van der Waals surface area (Å²) in [6, 6.07) is 0. The molecule has 0 aliphatic rings. The summed E-state index contributed by atoms with van der Waals surface area (Å²) in [5, 5.41) is 18.3. The summed E-state index contributed by atoms with van der Waals surface area (Å²) in [7, 11) is -4.62. The van der Waals surface area contributed by atoms with Crippen LogP contribution in [0.2, 0.25) is 0 Å². The van der Waals surface area contributed by atoms with Gasteiger partial charge in [0.2, 0.25) is 0 Å². The number of carbonyl (C=O) groups excluding carboxylic acids is 2. The smallest absolute Gasteiger partial charge is 0.462 e. The molecule has 0 spiro atoms. The molecular formula is C43H79O10P. The Balaban J connectivity index is 4.28. The van der Waals surface area contributed by atoms with Crippen LogP contribution in [-0.4, -0.2) is 65.7 Å². The van der Waals surface area contributed by atoms with Gasteiger partial charge in [0.15, 0.2) is 6.10 Å². The molecule has 0 aromatic heterocycles. The largest absolute Gasteiger partial charge is 0.472 e. The maximum Gasteiger partial charge on any atom is 0.472 e. The minimum absolute atomic E-state index is 0.178. The Morgan fingerprint density at radius 3 is 1.44 bits per heavy atom. The third kappa shape index (κ3) is 38.5. The predicted octanol–water partition coefficient (Wildman–Crippen LogP) is 11.2. The van der Waals surface area contributed by atoms with Gasteiger partial charge in [0.1, 0.15) is 12.7 Å².